The first-order chi connectivity index (χ1) is 13.3. The molecule has 3 aromatic carbocycles. The molecule has 0 fully saturated rings. The average Bonchev–Trinajstić information content (AvgIpc) is 2.73. The summed E-state index contributed by atoms with van der Waals surface area (Å²) in [6.07, 6.45) is 1.29. The third kappa shape index (κ3) is 4.21. The molecular formula is C24H24O3. The number of fused-ring (bicyclic) bond motifs is 1. The first-order valence-electron chi connectivity index (χ1n) is 9.34. The molecule has 1 aliphatic heterocycles. The van der Waals surface area contributed by atoms with Gasteiger partial charge in [0.1, 0.15) is 12.4 Å². The van der Waals surface area contributed by atoms with Gasteiger partial charge in [0.15, 0.2) is 6.29 Å². The lowest BCUT2D eigenvalue weighted by molar-refractivity contribution is -0.164. The van der Waals surface area contributed by atoms with E-state index >= 15 is 0 Å². The summed E-state index contributed by atoms with van der Waals surface area (Å²) >= 11 is 0. The molecule has 27 heavy (non-hydrogen) atoms. The van der Waals surface area contributed by atoms with Gasteiger partial charge in [-0.2, -0.15) is 0 Å². The van der Waals surface area contributed by atoms with Crippen LogP contribution in [-0.2, 0) is 28.9 Å². The molecule has 2 atom stereocenters. The second-order valence-electron chi connectivity index (χ2n) is 6.78. The number of hydrogen-bond acceptors (Lipinski definition) is 3. The van der Waals surface area contributed by atoms with Crippen LogP contribution in [0.25, 0.3) is 0 Å². The molecule has 1 aliphatic rings. The van der Waals surface area contributed by atoms with Gasteiger partial charge >= 0.3 is 0 Å². The highest BCUT2D eigenvalue weighted by Gasteiger charge is 2.28. The molecule has 0 amide bonds. The van der Waals surface area contributed by atoms with Crippen LogP contribution in [0.2, 0.25) is 0 Å². The topological polar surface area (TPSA) is 27.7 Å². The average molecular weight is 360 g/mol. The fourth-order valence-corrected chi connectivity index (χ4v) is 3.56. The van der Waals surface area contributed by atoms with Crippen molar-refractivity contribution in [2.75, 3.05) is 7.11 Å². The molecule has 4 rings (SSSR count). The normalized spacial score (nSPS) is 18.7. The van der Waals surface area contributed by atoms with Crippen molar-refractivity contribution >= 4 is 0 Å². The molecule has 3 heteroatoms. The molecule has 0 bridgehead atoms. The third-order valence-corrected chi connectivity index (χ3v) is 4.98. The molecule has 3 nitrogen and oxygen atoms in total. The SMILES string of the molecule is COC1Cc2ccccc2C(Cc2ccccc2OCc2ccccc2)O1. The largest absolute Gasteiger partial charge is 0.489 e. The highest BCUT2D eigenvalue weighted by Crippen LogP contribution is 2.35. The van der Waals surface area contributed by atoms with Gasteiger partial charge in [0.05, 0.1) is 6.10 Å². The Bertz CT molecular complexity index is 876. The van der Waals surface area contributed by atoms with Crippen LogP contribution < -0.4 is 4.74 Å². The van der Waals surface area contributed by atoms with E-state index in [1.54, 1.807) is 7.11 Å². The van der Waals surface area contributed by atoms with E-state index in [1.165, 1.54) is 11.1 Å². The quantitative estimate of drug-likeness (QED) is 0.612. The summed E-state index contributed by atoms with van der Waals surface area (Å²) in [5, 5.41) is 0. The van der Waals surface area contributed by atoms with E-state index in [0.29, 0.717) is 6.61 Å². The number of benzene rings is 3. The number of rotatable bonds is 6. The Balaban J connectivity index is 1.54. The molecule has 2 unspecified atom stereocenters. The third-order valence-electron chi connectivity index (χ3n) is 4.98. The molecule has 3 aromatic rings. The van der Waals surface area contributed by atoms with Crippen molar-refractivity contribution in [2.24, 2.45) is 0 Å². The first kappa shape index (κ1) is 17.8. The van der Waals surface area contributed by atoms with Crippen molar-refractivity contribution in [3.8, 4) is 5.75 Å². The Morgan fingerprint density at radius 3 is 2.48 bits per heavy atom. The smallest absolute Gasteiger partial charge is 0.162 e. The second-order valence-corrected chi connectivity index (χ2v) is 6.78. The minimum Gasteiger partial charge on any atom is -0.489 e. The fourth-order valence-electron chi connectivity index (χ4n) is 3.56. The monoisotopic (exact) mass is 360 g/mol. The van der Waals surface area contributed by atoms with Crippen molar-refractivity contribution in [1.82, 2.24) is 0 Å². The van der Waals surface area contributed by atoms with Crippen LogP contribution >= 0.6 is 0 Å². The Kier molecular flexibility index (Phi) is 5.52. The summed E-state index contributed by atoms with van der Waals surface area (Å²) in [5.41, 5.74) is 4.84. The molecule has 0 radical (unpaired) electrons. The highest BCUT2D eigenvalue weighted by atomic mass is 16.7. The van der Waals surface area contributed by atoms with Crippen LogP contribution in [0.5, 0.6) is 5.75 Å². The zero-order valence-corrected chi connectivity index (χ0v) is 15.5. The lowest BCUT2D eigenvalue weighted by Crippen LogP contribution is -2.28. The number of ether oxygens (including phenoxy) is 3. The van der Waals surface area contributed by atoms with Crippen molar-refractivity contribution < 1.29 is 14.2 Å². The van der Waals surface area contributed by atoms with E-state index in [0.717, 1.165) is 29.7 Å². The molecule has 0 spiro atoms. The molecule has 0 aromatic heterocycles. The maximum absolute atomic E-state index is 6.21. The van der Waals surface area contributed by atoms with Crippen LogP contribution in [0.4, 0.5) is 0 Å². The predicted octanol–water partition coefficient (Wildman–Crippen LogP) is 5.09. The summed E-state index contributed by atoms with van der Waals surface area (Å²) in [7, 11) is 1.70. The van der Waals surface area contributed by atoms with E-state index in [9.17, 15) is 0 Å². The van der Waals surface area contributed by atoms with Crippen LogP contribution in [0.15, 0.2) is 78.9 Å². The molecular weight excluding hydrogens is 336 g/mol. The van der Waals surface area contributed by atoms with Gasteiger partial charge in [0.25, 0.3) is 0 Å². The highest BCUT2D eigenvalue weighted by molar-refractivity contribution is 5.38. The van der Waals surface area contributed by atoms with Crippen LogP contribution in [0, 0.1) is 0 Å². The van der Waals surface area contributed by atoms with Crippen molar-refractivity contribution in [3.63, 3.8) is 0 Å². The zero-order chi connectivity index (χ0) is 18.5. The van der Waals surface area contributed by atoms with E-state index in [2.05, 4.69) is 42.5 Å². The number of hydrogen-bond donors (Lipinski definition) is 0. The van der Waals surface area contributed by atoms with Crippen molar-refractivity contribution in [1.29, 1.82) is 0 Å². The number of methoxy groups -OCH3 is 1. The summed E-state index contributed by atoms with van der Waals surface area (Å²) < 4.78 is 17.8. The summed E-state index contributed by atoms with van der Waals surface area (Å²) in [4.78, 5) is 0. The van der Waals surface area contributed by atoms with Gasteiger partial charge in [-0.15, -0.1) is 0 Å². The van der Waals surface area contributed by atoms with Gasteiger partial charge < -0.3 is 14.2 Å². The molecule has 0 N–H and O–H groups in total. The Morgan fingerprint density at radius 2 is 1.63 bits per heavy atom. The van der Waals surface area contributed by atoms with Gasteiger partial charge in [-0.3, -0.25) is 0 Å². The molecule has 0 aliphatic carbocycles. The van der Waals surface area contributed by atoms with E-state index in [-0.39, 0.29) is 12.4 Å². The molecule has 0 saturated carbocycles. The van der Waals surface area contributed by atoms with Gasteiger partial charge in [-0.1, -0.05) is 72.8 Å². The summed E-state index contributed by atoms with van der Waals surface area (Å²) in [5.74, 6) is 0.905. The second kappa shape index (κ2) is 8.38. The molecule has 138 valence electrons. The fraction of sp³-hybridized carbons (Fsp3) is 0.250. The standard InChI is InChI=1S/C24H24O3/c1-25-24-16-19-11-5-7-13-21(19)23(27-24)15-20-12-6-8-14-22(20)26-17-18-9-3-2-4-10-18/h2-14,23-24H,15-17H2,1H3. The van der Waals surface area contributed by atoms with Crippen molar-refractivity contribution in [3.05, 3.63) is 101 Å². The van der Waals surface area contributed by atoms with Crippen LogP contribution in [-0.4, -0.2) is 13.4 Å². The first-order valence-corrected chi connectivity index (χ1v) is 9.34. The summed E-state index contributed by atoms with van der Waals surface area (Å²) in [6.45, 7) is 0.556. The zero-order valence-electron chi connectivity index (χ0n) is 15.5. The summed E-state index contributed by atoms with van der Waals surface area (Å²) in [6, 6.07) is 26.9. The van der Waals surface area contributed by atoms with Gasteiger partial charge in [0.2, 0.25) is 0 Å². The van der Waals surface area contributed by atoms with E-state index in [1.807, 2.05) is 36.4 Å². The Labute approximate surface area is 160 Å². The Hall–Kier alpha value is -2.62. The maximum Gasteiger partial charge on any atom is 0.162 e. The lowest BCUT2D eigenvalue weighted by Gasteiger charge is -2.31. The molecule has 0 saturated heterocycles. The van der Waals surface area contributed by atoms with Gasteiger partial charge in [-0.05, 0) is 28.3 Å². The van der Waals surface area contributed by atoms with Crippen molar-refractivity contribution in [2.45, 2.75) is 31.8 Å². The molecule has 1 heterocycles. The van der Waals surface area contributed by atoms with E-state index in [4.69, 9.17) is 14.2 Å². The van der Waals surface area contributed by atoms with Gasteiger partial charge in [0, 0.05) is 20.0 Å². The lowest BCUT2D eigenvalue weighted by atomic mass is 9.92. The van der Waals surface area contributed by atoms with Crippen LogP contribution in [0.1, 0.15) is 28.4 Å². The predicted molar refractivity (Wildman–Crippen MR) is 106 cm³/mol. The maximum atomic E-state index is 6.21. The van der Waals surface area contributed by atoms with Gasteiger partial charge in [-0.25, -0.2) is 0 Å². The minimum absolute atomic E-state index is 0.0404. The Morgan fingerprint density at radius 1 is 0.889 bits per heavy atom. The minimum atomic E-state index is -0.206. The number of para-hydroxylation sites is 1. The van der Waals surface area contributed by atoms with E-state index < -0.39 is 0 Å². The van der Waals surface area contributed by atoms with Crippen LogP contribution in [0.3, 0.4) is 0 Å².